The number of fused-ring (bicyclic) bond motifs is 1. The first kappa shape index (κ1) is 33.9. The predicted molar refractivity (Wildman–Crippen MR) is 169 cm³/mol. The molecule has 4 heterocycles. The highest BCUT2D eigenvalue weighted by molar-refractivity contribution is 6.34. The number of likely N-dealkylation sites (N-methyl/N-ethyl adjacent to an activating group) is 1. The zero-order valence-corrected chi connectivity index (χ0v) is 27.7. The first-order valence-corrected chi connectivity index (χ1v) is 15.7. The van der Waals surface area contributed by atoms with Crippen molar-refractivity contribution < 1.29 is 32.2 Å². The summed E-state index contributed by atoms with van der Waals surface area (Å²) in [4.78, 5) is 32.2. The van der Waals surface area contributed by atoms with Crippen molar-refractivity contribution in [2.24, 2.45) is 0 Å². The van der Waals surface area contributed by atoms with Crippen molar-refractivity contribution in [2.45, 2.75) is 64.4 Å². The summed E-state index contributed by atoms with van der Waals surface area (Å²) in [7, 11) is 3.71. The molecule has 5 rings (SSSR count). The van der Waals surface area contributed by atoms with Crippen LogP contribution in [0.2, 0.25) is 5.02 Å². The maximum atomic E-state index is 14.0. The molecular weight excluding hydrogens is 625 g/mol. The van der Waals surface area contributed by atoms with Crippen LogP contribution in [0.1, 0.15) is 44.9 Å². The van der Waals surface area contributed by atoms with Gasteiger partial charge >= 0.3 is 18.3 Å². The van der Waals surface area contributed by atoms with Crippen LogP contribution >= 0.6 is 11.6 Å². The monoisotopic (exact) mass is 664 g/mol. The Morgan fingerprint density at radius 3 is 2.30 bits per heavy atom. The van der Waals surface area contributed by atoms with Crippen molar-refractivity contribution >= 4 is 34.4 Å². The molecule has 2 fully saturated rings. The fraction of sp³-hybridized carbons (Fsp3) is 0.562. The number of pyridine rings is 1. The Hall–Kier alpha value is -3.42. The molecule has 2 aromatic heterocycles. The van der Waals surface area contributed by atoms with Crippen LogP contribution in [0, 0.1) is 6.92 Å². The molecule has 1 amide bonds. The molecule has 1 aromatic carbocycles. The van der Waals surface area contributed by atoms with Gasteiger partial charge in [0.25, 0.3) is 0 Å². The van der Waals surface area contributed by atoms with E-state index in [1.54, 1.807) is 25.0 Å². The lowest BCUT2D eigenvalue weighted by atomic mass is 10.0. The van der Waals surface area contributed by atoms with Gasteiger partial charge in [-0.05, 0) is 71.8 Å². The molecule has 2 aliphatic rings. The molecule has 0 N–H and O–H groups in total. The molecule has 0 aliphatic carbocycles. The average molecular weight is 665 g/mol. The van der Waals surface area contributed by atoms with Crippen molar-refractivity contribution in [3.8, 4) is 17.3 Å². The molecule has 0 spiro atoms. The molecular formula is C32H40ClF3N6O4. The van der Waals surface area contributed by atoms with Gasteiger partial charge in [0.15, 0.2) is 0 Å². The molecule has 2 aliphatic heterocycles. The van der Waals surface area contributed by atoms with Crippen LogP contribution in [0.5, 0.6) is 6.01 Å². The van der Waals surface area contributed by atoms with E-state index in [0.29, 0.717) is 61.8 Å². The number of piperazine rings is 1. The maximum absolute atomic E-state index is 14.0. The largest absolute Gasteiger partial charge is 0.462 e. The summed E-state index contributed by atoms with van der Waals surface area (Å²) in [6.07, 6.45) is -3.15. The van der Waals surface area contributed by atoms with E-state index in [1.807, 2.05) is 32.7 Å². The number of ether oxygens (including phenoxy) is 3. The highest BCUT2D eigenvalue weighted by atomic mass is 35.5. The number of halogens is 4. The number of nitrogens with zero attached hydrogens (tertiary/aromatic N) is 6. The summed E-state index contributed by atoms with van der Waals surface area (Å²) in [5.41, 5.74) is -0.895. The molecule has 0 saturated carbocycles. The third kappa shape index (κ3) is 7.58. The normalized spacial score (nSPS) is 19.6. The van der Waals surface area contributed by atoms with Gasteiger partial charge in [-0.2, -0.15) is 23.1 Å². The summed E-state index contributed by atoms with van der Waals surface area (Å²) < 4.78 is 59.2. The molecule has 3 aromatic rings. The summed E-state index contributed by atoms with van der Waals surface area (Å²) in [5.74, 6) is 0.516. The zero-order valence-electron chi connectivity index (χ0n) is 26.9. The number of hydrogen-bond acceptors (Lipinski definition) is 9. The van der Waals surface area contributed by atoms with Gasteiger partial charge in [0.2, 0.25) is 0 Å². The van der Waals surface area contributed by atoms with E-state index >= 15 is 0 Å². The maximum Gasteiger partial charge on any atom is 0.418 e. The van der Waals surface area contributed by atoms with Gasteiger partial charge in [-0.25, -0.2) is 4.79 Å². The zero-order chi connectivity index (χ0) is 33.4. The smallest absolute Gasteiger partial charge is 0.418 e. The lowest BCUT2D eigenvalue weighted by molar-refractivity contribution is -0.137. The molecule has 46 heavy (non-hydrogen) atoms. The number of amides is 1. The SMILES string of the molecule is COCC1CCC(COc2nc(N3CCN(C(=O)OC(C)(C)C)CC3)c3cc(Cl)c(-c4nc(C)ccc4C(F)(F)F)cc3n2)N1C. The van der Waals surface area contributed by atoms with E-state index in [2.05, 4.69) is 14.9 Å². The number of aromatic nitrogens is 3. The van der Waals surface area contributed by atoms with Crippen LogP contribution in [0.3, 0.4) is 0 Å². The van der Waals surface area contributed by atoms with E-state index in [9.17, 15) is 18.0 Å². The van der Waals surface area contributed by atoms with Crippen LogP contribution in [0.25, 0.3) is 22.2 Å². The van der Waals surface area contributed by atoms with Crippen LogP contribution < -0.4 is 9.64 Å². The van der Waals surface area contributed by atoms with Crippen LogP contribution in [0.4, 0.5) is 23.8 Å². The van der Waals surface area contributed by atoms with Gasteiger partial charge in [-0.3, -0.25) is 9.88 Å². The van der Waals surface area contributed by atoms with E-state index in [0.717, 1.165) is 18.9 Å². The number of anilines is 1. The number of benzene rings is 1. The van der Waals surface area contributed by atoms with Gasteiger partial charge in [0.1, 0.15) is 18.0 Å². The fourth-order valence-corrected chi connectivity index (χ4v) is 6.13. The molecule has 0 radical (unpaired) electrons. The predicted octanol–water partition coefficient (Wildman–Crippen LogP) is 6.22. The summed E-state index contributed by atoms with van der Waals surface area (Å²) in [5, 5.41) is 0.630. The Kier molecular flexibility index (Phi) is 9.86. The van der Waals surface area contributed by atoms with E-state index in [1.165, 1.54) is 12.1 Å². The van der Waals surface area contributed by atoms with Gasteiger partial charge < -0.3 is 24.0 Å². The Balaban J connectivity index is 1.51. The Morgan fingerprint density at radius 1 is 1.00 bits per heavy atom. The Labute approximate surface area is 271 Å². The van der Waals surface area contributed by atoms with Gasteiger partial charge in [0.05, 0.1) is 28.4 Å². The summed E-state index contributed by atoms with van der Waals surface area (Å²) in [6.45, 7) is 9.67. The third-order valence-electron chi connectivity index (χ3n) is 8.32. The second-order valence-corrected chi connectivity index (χ2v) is 13.2. The minimum absolute atomic E-state index is 0.0822. The highest BCUT2D eigenvalue weighted by Crippen LogP contribution is 2.41. The van der Waals surface area contributed by atoms with Gasteiger partial charge in [0, 0.05) is 62.0 Å². The van der Waals surface area contributed by atoms with Crippen molar-refractivity contribution in [3.63, 3.8) is 0 Å². The third-order valence-corrected chi connectivity index (χ3v) is 8.63. The summed E-state index contributed by atoms with van der Waals surface area (Å²) >= 11 is 6.69. The number of carbonyl (C=O) groups excluding carboxylic acids is 1. The van der Waals surface area contributed by atoms with Gasteiger partial charge in [-0.1, -0.05) is 11.6 Å². The average Bonchev–Trinajstić information content (AvgIpc) is 3.32. The summed E-state index contributed by atoms with van der Waals surface area (Å²) in [6, 6.07) is 5.92. The molecule has 2 atom stereocenters. The molecule has 250 valence electrons. The standard InChI is InChI=1S/C32H40ClF3N6O4/c1-19-7-10-24(32(34,35)36)27(37-19)22-16-26-23(15-25(22)33)28(41-11-13-42(14-12-41)30(43)46-31(2,3)4)39-29(38-26)45-18-21-9-8-20(17-44-6)40(21)5/h7,10,15-16,20-21H,8-9,11-14,17-18H2,1-6H3. The lowest BCUT2D eigenvalue weighted by Crippen LogP contribution is -2.50. The fourth-order valence-electron chi connectivity index (χ4n) is 5.87. The molecule has 2 unspecified atom stereocenters. The lowest BCUT2D eigenvalue weighted by Gasteiger charge is -2.36. The highest BCUT2D eigenvalue weighted by Gasteiger charge is 2.36. The molecule has 0 bridgehead atoms. The van der Waals surface area contributed by atoms with E-state index in [4.69, 9.17) is 30.8 Å². The number of rotatable bonds is 7. The molecule has 2 saturated heterocycles. The molecule has 10 nitrogen and oxygen atoms in total. The number of carbonyl (C=O) groups is 1. The minimum atomic E-state index is -4.64. The number of likely N-dealkylation sites (tertiary alicyclic amines) is 1. The first-order chi connectivity index (χ1) is 21.6. The van der Waals surface area contributed by atoms with Crippen molar-refractivity contribution in [2.75, 3.05) is 58.5 Å². The second-order valence-electron chi connectivity index (χ2n) is 12.8. The Bertz CT molecular complexity index is 1580. The first-order valence-electron chi connectivity index (χ1n) is 15.3. The van der Waals surface area contributed by atoms with Crippen molar-refractivity contribution in [1.29, 1.82) is 0 Å². The molecule has 14 heteroatoms. The van der Waals surface area contributed by atoms with E-state index < -0.39 is 23.4 Å². The number of hydrogen-bond donors (Lipinski definition) is 0. The number of alkyl halides is 3. The van der Waals surface area contributed by atoms with E-state index in [-0.39, 0.29) is 34.4 Å². The van der Waals surface area contributed by atoms with Crippen LogP contribution in [-0.4, -0.2) is 102 Å². The van der Waals surface area contributed by atoms with Crippen LogP contribution in [0.15, 0.2) is 24.3 Å². The minimum Gasteiger partial charge on any atom is -0.462 e. The Morgan fingerprint density at radius 2 is 1.67 bits per heavy atom. The van der Waals surface area contributed by atoms with Crippen LogP contribution in [-0.2, 0) is 15.7 Å². The number of aryl methyl sites for hydroxylation is 1. The van der Waals surface area contributed by atoms with Crippen molar-refractivity contribution in [3.05, 3.63) is 40.5 Å². The number of methoxy groups -OCH3 is 1. The van der Waals surface area contributed by atoms with Gasteiger partial charge in [-0.15, -0.1) is 0 Å². The van der Waals surface area contributed by atoms with Crippen molar-refractivity contribution in [1.82, 2.24) is 24.8 Å². The quantitative estimate of drug-likeness (QED) is 0.292. The topological polar surface area (TPSA) is 93.2 Å². The second kappa shape index (κ2) is 13.4.